The zero-order chi connectivity index (χ0) is 15.6. The Morgan fingerprint density at radius 2 is 1.81 bits per heavy atom. The van der Waals surface area contributed by atoms with Crippen molar-refractivity contribution in [2.75, 3.05) is 24.3 Å². The highest BCUT2D eigenvalue weighted by atomic mass is 19.1. The van der Waals surface area contributed by atoms with Crippen LogP contribution in [0.3, 0.4) is 0 Å². The molecule has 0 heterocycles. The second-order valence-electron chi connectivity index (χ2n) is 5.33. The van der Waals surface area contributed by atoms with Gasteiger partial charge in [0.25, 0.3) is 5.91 Å². The number of halogens is 1. The largest absolute Gasteiger partial charge is 0.377 e. The first kappa shape index (κ1) is 15.0. The van der Waals surface area contributed by atoms with Crippen LogP contribution >= 0.6 is 0 Å². The quantitative estimate of drug-likeness (QED) is 0.931. The molecule has 0 aliphatic rings. The van der Waals surface area contributed by atoms with E-state index in [9.17, 15) is 9.18 Å². The number of hydrogen-bond donors (Lipinski definition) is 1. The molecule has 0 aliphatic carbocycles. The Morgan fingerprint density at radius 1 is 1.10 bits per heavy atom. The van der Waals surface area contributed by atoms with Gasteiger partial charge in [-0.05, 0) is 43.7 Å². The molecule has 0 aliphatic heterocycles. The Kier molecular flexibility index (Phi) is 4.26. The minimum atomic E-state index is -0.516. The van der Waals surface area contributed by atoms with Crippen molar-refractivity contribution in [3.63, 3.8) is 0 Å². The molecule has 2 rings (SSSR count). The van der Waals surface area contributed by atoms with Gasteiger partial charge in [-0.15, -0.1) is 0 Å². The van der Waals surface area contributed by atoms with Crippen LogP contribution in [0.15, 0.2) is 36.4 Å². The molecule has 0 saturated heterocycles. The molecular weight excluding hydrogens is 267 g/mol. The predicted molar refractivity (Wildman–Crippen MR) is 84.6 cm³/mol. The highest BCUT2D eigenvalue weighted by Crippen LogP contribution is 2.23. The van der Waals surface area contributed by atoms with Gasteiger partial charge in [0.2, 0.25) is 0 Å². The van der Waals surface area contributed by atoms with Crippen molar-refractivity contribution in [2.45, 2.75) is 13.8 Å². The van der Waals surface area contributed by atoms with Gasteiger partial charge in [0.1, 0.15) is 5.82 Å². The van der Waals surface area contributed by atoms with Crippen LogP contribution in [-0.2, 0) is 0 Å². The van der Waals surface area contributed by atoms with Crippen LogP contribution in [0.5, 0.6) is 0 Å². The van der Waals surface area contributed by atoms with Crippen molar-refractivity contribution < 1.29 is 9.18 Å². The van der Waals surface area contributed by atoms with Crippen LogP contribution in [0.25, 0.3) is 0 Å². The maximum absolute atomic E-state index is 13.7. The van der Waals surface area contributed by atoms with Gasteiger partial charge in [0.05, 0.1) is 5.56 Å². The summed E-state index contributed by atoms with van der Waals surface area (Å²) in [5.74, 6) is -0.956. The minimum Gasteiger partial charge on any atom is -0.377 e. The molecule has 0 saturated carbocycles. The van der Waals surface area contributed by atoms with Gasteiger partial charge < -0.3 is 10.2 Å². The third kappa shape index (κ3) is 3.40. The summed E-state index contributed by atoms with van der Waals surface area (Å²) in [7, 11) is 3.88. The number of hydrogen-bond acceptors (Lipinski definition) is 2. The molecule has 2 aromatic carbocycles. The second kappa shape index (κ2) is 5.95. The van der Waals surface area contributed by atoms with Crippen molar-refractivity contribution in [1.82, 2.24) is 0 Å². The number of carbonyl (C=O) groups excluding carboxylic acids is 1. The van der Waals surface area contributed by atoms with E-state index in [1.165, 1.54) is 6.07 Å². The van der Waals surface area contributed by atoms with Gasteiger partial charge in [0, 0.05) is 25.5 Å². The first-order chi connectivity index (χ1) is 9.88. The maximum atomic E-state index is 13.7. The van der Waals surface area contributed by atoms with Crippen molar-refractivity contribution in [2.24, 2.45) is 0 Å². The fourth-order valence-corrected chi connectivity index (χ4v) is 2.18. The summed E-state index contributed by atoms with van der Waals surface area (Å²) >= 11 is 0. The van der Waals surface area contributed by atoms with Crippen LogP contribution in [-0.4, -0.2) is 20.0 Å². The molecule has 4 heteroatoms. The summed E-state index contributed by atoms with van der Waals surface area (Å²) in [6.45, 7) is 3.83. The minimum absolute atomic E-state index is 0.0574. The van der Waals surface area contributed by atoms with Crippen molar-refractivity contribution in [3.8, 4) is 0 Å². The van der Waals surface area contributed by atoms with E-state index in [-0.39, 0.29) is 5.56 Å². The summed E-state index contributed by atoms with van der Waals surface area (Å²) in [6, 6.07) is 10.1. The fraction of sp³-hybridized carbons (Fsp3) is 0.235. The third-order valence-corrected chi connectivity index (χ3v) is 3.32. The molecule has 0 aromatic heterocycles. The molecule has 0 unspecified atom stereocenters. The van der Waals surface area contributed by atoms with Crippen LogP contribution in [0.2, 0.25) is 0 Å². The average Bonchev–Trinajstić information content (AvgIpc) is 2.43. The van der Waals surface area contributed by atoms with E-state index in [0.717, 1.165) is 16.8 Å². The van der Waals surface area contributed by atoms with Crippen LogP contribution in [0, 0.1) is 19.7 Å². The van der Waals surface area contributed by atoms with E-state index in [4.69, 9.17) is 0 Å². The lowest BCUT2D eigenvalue weighted by molar-refractivity contribution is 0.102. The van der Waals surface area contributed by atoms with Gasteiger partial charge in [-0.25, -0.2) is 4.39 Å². The summed E-state index contributed by atoms with van der Waals surface area (Å²) in [4.78, 5) is 14.2. The molecule has 0 spiro atoms. The van der Waals surface area contributed by atoms with Crippen molar-refractivity contribution in [1.29, 1.82) is 0 Å². The molecule has 0 atom stereocenters. The van der Waals surface area contributed by atoms with Crippen molar-refractivity contribution >= 4 is 17.3 Å². The Labute approximate surface area is 124 Å². The van der Waals surface area contributed by atoms with Crippen LogP contribution in [0.4, 0.5) is 15.8 Å². The summed E-state index contributed by atoms with van der Waals surface area (Å²) in [5.41, 5.74) is 3.67. The van der Waals surface area contributed by atoms with E-state index in [2.05, 4.69) is 5.32 Å². The average molecular weight is 286 g/mol. The molecular formula is C17H19FN2O. The molecule has 1 amide bonds. The number of aryl methyl sites for hydroxylation is 2. The number of benzene rings is 2. The molecule has 21 heavy (non-hydrogen) atoms. The Morgan fingerprint density at radius 3 is 2.48 bits per heavy atom. The van der Waals surface area contributed by atoms with E-state index in [0.29, 0.717) is 5.69 Å². The van der Waals surface area contributed by atoms with Crippen LogP contribution in [0.1, 0.15) is 21.5 Å². The Bertz CT molecular complexity index is 680. The standard InChI is InChI=1S/C17H19FN2O/c1-11-5-8-15(18)14(9-11)17(21)19-13-7-6-12(2)16(10-13)20(3)4/h5-10H,1-4H3,(H,19,21). The number of carbonyl (C=O) groups is 1. The lowest BCUT2D eigenvalue weighted by atomic mass is 10.1. The van der Waals surface area contributed by atoms with Crippen molar-refractivity contribution in [3.05, 3.63) is 58.9 Å². The van der Waals surface area contributed by atoms with Crippen LogP contribution < -0.4 is 10.2 Å². The smallest absolute Gasteiger partial charge is 0.258 e. The summed E-state index contributed by atoms with van der Waals surface area (Å²) in [6.07, 6.45) is 0. The number of rotatable bonds is 3. The molecule has 0 radical (unpaired) electrons. The monoisotopic (exact) mass is 286 g/mol. The zero-order valence-corrected chi connectivity index (χ0v) is 12.7. The molecule has 3 nitrogen and oxygen atoms in total. The highest BCUT2D eigenvalue weighted by Gasteiger charge is 2.13. The van der Waals surface area contributed by atoms with E-state index in [1.54, 1.807) is 12.1 Å². The Hall–Kier alpha value is -2.36. The van der Waals surface area contributed by atoms with E-state index >= 15 is 0 Å². The first-order valence-corrected chi connectivity index (χ1v) is 6.74. The SMILES string of the molecule is Cc1ccc(F)c(C(=O)Nc2ccc(C)c(N(C)C)c2)c1. The van der Waals surface area contributed by atoms with Gasteiger partial charge in [-0.1, -0.05) is 17.7 Å². The first-order valence-electron chi connectivity index (χ1n) is 6.74. The topological polar surface area (TPSA) is 32.3 Å². The zero-order valence-electron chi connectivity index (χ0n) is 12.7. The summed E-state index contributed by atoms with van der Waals surface area (Å²) < 4.78 is 13.7. The van der Waals surface area contributed by atoms with E-state index < -0.39 is 11.7 Å². The van der Waals surface area contributed by atoms with Gasteiger partial charge in [-0.3, -0.25) is 4.79 Å². The third-order valence-electron chi connectivity index (χ3n) is 3.32. The number of nitrogens with zero attached hydrogens (tertiary/aromatic N) is 1. The lowest BCUT2D eigenvalue weighted by Gasteiger charge is -2.17. The highest BCUT2D eigenvalue weighted by molar-refractivity contribution is 6.04. The maximum Gasteiger partial charge on any atom is 0.258 e. The molecule has 110 valence electrons. The molecule has 2 aromatic rings. The fourth-order valence-electron chi connectivity index (χ4n) is 2.18. The van der Waals surface area contributed by atoms with E-state index in [1.807, 2.05) is 51.0 Å². The molecule has 0 bridgehead atoms. The number of amides is 1. The number of nitrogens with one attached hydrogen (secondary N) is 1. The van der Waals surface area contributed by atoms with Gasteiger partial charge >= 0.3 is 0 Å². The molecule has 1 N–H and O–H groups in total. The summed E-state index contributed by atoms with van der Waals surface area (Å²) in [5, 5.41) is 2.74. The Balaban J connectivity index is 2.27. The second-order valence-corrected chi connectivity index (χ2v) is 5.33. The molecule has 0 fully saturated rings. The normalized spacial score (nSPS) is 10.3. The van der Waals surface area contributed by atoms with Gasteiger partial charge in [0.15, 0.2) is 0 Å². The predicted octanol–water partition coefficient (Wildman–Crippen LogP) is 3.76. The lowest BCUT2D eigenvalue weighted by Crippen LogP contribution is -2.15. The van der Waals surface area contributed by atoms with Gasteiger partial charge in [-0.2, -0.15) is 0 Å². The number of anilines is 2.